The quantitative estimate of drug-likeness (QED) is 0.834. The van der Waals surface area contributed by atoms with Crippen molar-refractivity contribution in [2.45, 2.75) is 62.9 Å². The van der Waals surface area contributed by atoms with E-state index in [2.05, 4.69) is 18.7 Å². The van der Waals surface area contributed by atoms with Crippen molar-refractivity contribution in [3.8, 4) is 5.75 Å². The van der Waals surface area contributed by atoms with E-state index in [9.17, 15) is 9.90 Å². The number of amides is 1. The first kappa shape index (κ1) is 16.2. The Balaban J connectivity index is 1.97. The first-order chi connectivity index (χ1) is 10.1. The highest BCUT2D eigenvalue weighted by Gasteiger charge is 2.27. The summed E-state index contributed by atoms with van der Waals surface area (Å²) < 4.78 is 0. The van der Waals surface area contributed by atoms with Crippen molar-refractivity contribution in [2.75, 3.05) is 5.75 Å². The normalized spacial score (nSPS) is 16.1. The zero-order valence-electron chi connectivity index (χ0n) is 12.9. The van der Waals surface area contributed by atoms with Gasteiger partial charge in [-0.3, -0.25) is 4.79 Å². The van der Waals surface area contributed by atoms with E-state index < -0.39 is 0 Å². The van der Waals surface area contributed by atoms with Crippen molar-refractivity contribution >= 4 is 17.7 Å². The molecular weight excluding hydrogens is 282 g/mol. The van der Waals surface area contributed by atoms with Crippen molar-refractivity contribution in [3.63, 3.8) is 0 Å². The highest BCUT2D eigenvalue weighted by atomic mass is 32.2. The second-order valence-corrected chi connectivity index (χ2v) is 6.96. The second-order valence-electron chi connectivity index (χ2n) is 5.94. The van der Waals surface area contributed by atoms with Crippen LogP contribution in [0.15, 0.2) is 29.2 Å². The smallest absolute Gasteiger partial charge is 0.233 e. The standard InChI is InChI=1S/C17H25NO2S/c1-13(2)18(14-8-4-3-5-9-14)17(20)12-21-16-11-7-6-10-15(16)19/h6-7,10-11,13-14,19H,3-5,8-9,12H2,1-2H3. The maximum Gasteiger partial charge on any atom is 0.233 e. The van der Waals surface area contributed by atoms with Gasteiger partial charge in [0.05, 0.1) is 5.75 Å². The second kappa shape index (κ2) is 7.74. The number of carbonyl (C=O) groups is 1. The number of carbonyl (C=O) groups excluding carboxylic acids is 1. The molecule has 116 valence electrons. The lowest BCUT2D eigenvalue weighted by Crippen LogP contribution is -2.46. The van der Waals surface area contributed by atoms with Crippen molar-refractivity contribution in [1.29, 1.82) is 0 Å². The lowest BCUT2D eigenvalue weighted by atomic mass is 9.93. The van der Waals surface area contributed by atoms with Crippen LogP contribution in [0.1, 0.15) is 46.0 Å². The van der Waals surface area contributed by atoms with E-state index in [1.165, 1.54) is 31.0 Å². The van der Waals surface area contributed by atoms with Gasteiger partial charge in [-0.1, -0.05) is 31.4 Å². The van der Waals surface area contributed by atoms with E-state index in [1.54, 1.807) is 12.1 Å². The van der Waals surface area contributed by atoms with Crippen LogP contribution in [0, 0.1) is 0 Å². The minimum atomic E-state index is 0.185. The number of phenolic OH excluding ortho intramolecular Hbond substituents is 1. The average Bonchev–Trinajstić information content (AvgIpc) is 2.47. The Labute approximate surface area is 131 Å². The summed E-state index contributed by atoms with van der Waals surface area (Å²) in [6, 6.07) is 7.83. The molecule has 1 aromatic rings. The van der Waals surface area contributed by atoms with Gasteiger partial charge in [0.15, 0.2) is 0 Å². The number of para-hydroxylation sites is 1. The number of aromatic hydroxyl groups is 1. The molecule has 3 nitrogen and oxygen atoms in total. The van der Waals surface area contributed by atoms with E-state index in [4.69, 9.17) is 0 Å². The predicted octanol–water partition coefficient (Wildman–Crippen LogP) is 4.05. The summed E-state index contributed by atoms with van der Waals surface area (Å²) in [5, 5.41) is 9.77. The molecule has 1 amide bonds. The van der Waals surface area contributed by atoms with Crippen molar-refractivity contribution in [3.05, 3.63) is 24.3 Å². The third-order valence-corrected chi connectivity index (χ3v) is 5.08. The fourth-order valence-electron chi connectivity index (χ4n) is 3.07. The molecule has 1 aliphatic carbocycles. The summed E-state index contributed by atoms with van der Waals surface area (Å²) in [7, 11) is 0. The van der Waals surface area contributed by atoms with E-state index in [0.29, 0.717) is 11.8 Å². The third kappa shape index (κ3) is 4.40. The molecule has 0 aliphatic heterocycles. The Hall–Kier alpha value is -1.16. The SMILES string of the molecule is CC(C)N(C(=O)CSc1ccccc1O)C1CCCCC1. The van der Waals surface area contributed by atoms with Crippen molar-refractivity contribution in [1.82, 2.24) is 4.90 Å². The summed E-state index contributed by atoms with van der Waals surface area (Å²) in [5.41, 5.74) is 0. The Morgan fingerprint density at radius 1 is 1.29 bits per heavy atom. The minimum Gasteiger partial charge on any atom is -0.507 e. The summed E-state index contributed by atoms with van der Waals surface area (Å²) in [6.07, 6.45) is 6.02. The Morgan fingerprint density at radius 3 is 2.57 bits per heavy atom. The lowest BCUT2D eigenvalue weighted by Gasteiger charge is -2.37. The third-order valence-electron chi connectivity index (χ3n) is 4.03. The van der Waals surface area contributed by atoms with E-state index >= 15 is 0 Å². The van der Waals surface area contributed by atoms with Gasteiger partial charge in [-0.05, 0) is 38.8 Å². The fraction of sp³-hybridized carbons (Fsp3) is 0.588. The van der Waals surface area contributed by atoms with Gasteiger partial charge in [0.25, 0.3) is 0 Å². The number of hydrogen-bond acceptors (Lipinski definition) is 3. The van der Waals surface area contributed by atoms with Gasteiger partial charge >= 0.3 is 0 Å². The number of thioether (sulfide) groups is 1. The molecule has 0 unspecified atom stereocenters. The number of hydrogen-bond donors (Lipinski definition) is 1. The van der Waals surface area contributed by atoms with Gasteiger partial charge in [0.1, 0.15) is 5.75 Å². The van der Waals surface area contributed by atoms with Crippen LogP contribution < -0.4 is 0 Å². The largest absolute Gasteiger partial charge is 0.507 e. The van der Waals surface area contributed by atoms with Gasteiger partial charge in [-0.2, -0.15) is 0 Å². The van der Waals surface area contributed by atoms with Gasteiger partial charge in [-0.25, -0.2) is 0 Å². The molecule has 1 saturated carbocycles. The number of phenols is 1. The predicted molar refractivity (Wildman–Crippen MR) is 87.7 cm³/mol. The highest BCUT2D eigenvalue weighted by molar-refractivity contribution is 8.00. The summed E-state index contributed by atoms with van der Waals surface area (Å²) >= 11 is 1.42. The molecular formula is C17H25NO2S. The number of nitrogens with zero attached hydrogens (tertiary/aromatic N) is 1. The van der Waals surface area contributed by atoms with Crippen molar-refractivity contribution in [2.24, 2.45) is 0 Å². The molecule has 0 spiro atoms. The summed E-state index contributed by atoms with van der Waals surface area (Å²) in [5.74, 6) is 0.834. The molecule has 1 N–H and O–H groups in total. The van der Waals surface area contributed by atoms with Crippen LogP contribution in [-0.2, 0) is 4.79 Å². The summed E-state index contributed by atoms with van der Waals surface area (Å²) in [6.45, 7) is 4.19. The van der Waals surface area contributed by atoms with E-state index in [0.717, 1.165) is 17.7 Å². The monoisotopic (exact) mass is 307 g/mol. The van der Waals surface area contributed by atoms with Crippen LogP contribution in [0.5, 0.6) is 5.75 Å². The van der Waals surface area contributed by atoms with E-state index in [-0.39, 0.29) is 17.7 Å². The molecule has 1 aliphatic rings. The van der Waals surface area contributed by atoms with Crippen LogP contribution in [0.25, 0.3) is 0 Å². The summed E-state index contributed by atoms with van der Waals surface area (Å²) in [4.78, 5) is 15.4. The Bertz CT molecular complexity index is 470. The molecule has 0 bridgehead atoms. The van der Waals surface area contributed by atoms with Crippen LogP contribution in [-0.4, -0.2) is 33.8 Å². The molecule has 0 heterocycles. The molecule has 0 atom stereocenters. The maximum atomic E-state index is 12.6. The highest BCUT2D eigenvalue weighted by Crippen LogP contribution is 2.29. The van der Waals surface area contributed by atoms with Crippen LogP contribution in [0.4, 0.5) is 0 Å². The molecule has 1 fully saturated rings. The maximum absolute atomic E-state index is 12.6. The van der Waals surface area contributed by atoms with Crippen LogP contribution in [0.2, 0.25) is 0 Å². The van der Waals surface area contributed by atoms with Gasteiger partial charge in [-0.15, -0.1) is 11.8 Å². The molecule has 1 aromatic carbocycles. The van der Waals surface area contributed by atoms with Gasteiger partial charge in [0.2, 0.25) is 5.91 Å². The Kier molecular flexibility index (Phi) is 5.97. The lowest BCUT2D eigenvalue weighted by molar-refractivity contribution is -0.133. The number of benzene rings is 1. The number of rotatable bonds is 5. The van der Waals surface area contributed by atoms with Gasteiger partial charge in [0, 0.05) is 17.0 Å². The zero-order valence-corrected chi connectivity index (χ0v) is 13.7. The first-order valence-corrected chi connectivity index (χ1v) is 8.80. The molecule has 0 radical (unpaired) electrons. The minimum absolute atomic E-state index is 0.185. The molecule has 0 saturated heterocycles. The van der Waals surface area contributed by atoms with Gasteiger partial charge < -0.3 is 10.0 Å². The molecule has 0 aromatic heterocycles. The van der Waals surface area contributed by atoms with Crippen LogP contribution in [0.3, 0.4) is 0 Å². The molecule has 21 heavy (non-hydrogen) atoms. The first-order valence-electron chi connectivity index (χ1n) is 7.81. The average molecular weight is 307 g/mol. The van der Waals surface area contributed by atoms with E-state index in [1.807, 2.05) is 12.1 Å². The van der Waals surface area contributed by atoms with Crippen LogP contribution >= 0.6 is 11.8 Å². The molecule has 2 rings (SSSR count). The fourth-order valence-corrected chi connectivity index (χ4v) is 3.88. The molecule has 4 heteroatoms. The Morgan fingerprint density at radius 2 is 1.95 bits per heavy atom. The topological polar surface area (TPSA) is 40.5 Å². The van der Waals surface area contributed by atoms with Crippen molar-refractivity contribution < 1.29 is 9.90 Å². The zero-order chi connectivity index (χ0) is 15.2.